The van der Waals surface area contributed by atoms with Crippen molar-refractivity contribution in [3.8, 4) is 5.75 Å². The molecule has 0 bridgehead atoms. The van der Waals surface area contributed by atoms with Gasteiger partial charge < -0.3 is 10.0 Å². The van der Waals surface area contributed by atoms with Gasteiger partial charge in [-0.25, -0.2) is 8.42 Å². The molecular formula is C22H28N2O4S2. The third-order valence-corrected chi connectivity index (χ3v) is 9.54. The summed E-state index contributed by atoms with van der Waals surface area (Å²) in [5, 5.41) is 9.44. The van der Waals surface area contributed by atoms with Crippen molar-refractivity contribution >= 4 is 27.3 Å². The van der Waals surface area contributed by atoms with Crippen molar-refractivity contribution in [2.45, 2.75) is 48.7 Å². The number of nitrogens with zero attached hydrogens (tertiary/aromatic N) is 2. The summed E-state index contributed by atoms with van der Waals surface area (Å²) in [6.45, 7) is 2.58. The van der Waals surface area contributed by atoms with Crippen molar-refractivity contribution in [2.75, 3.05) is 26.2 Å². The smallest absolute Gasteiger partial charge is 0.252 e. The van der Waals surface area contributed by atoms with Gasteiger partial charge in [-0.2, -0.15) is 4.31 Å². The molecule has 0 aliphatic carbocycles. The highest BCUT2D eigenvalue weighted by atomic mass is 32.2. The second-order valence-corrected chi connectivity index (χ2v) is 11.4. The van der Waals surface area contributed by atoms with E-state index in [1.165, 1.54) is 16.9 Å². The van der Waals surface area contributed by atoms with Gasteiger partial charge in [0.05, 0.1) is 6.42 Å². The van der Waals surface area contributed by atoms with Gasteiger partial charge in [-0.3, -0.25) is 4.79 Å². The predicted octanol–water partition coefficient (Wildman–Crippen LogP) is 3.58. The van der Waals surface area contributed by atoms with Crippen LogP contribution in [0.4, 0.5) is 0 Å². The van der Waals surface area contributed by atoms with Crippen LogP contribution in [0.5, 0.6) is 5.75 Å². The molecule has 2 saturated heterocycles. The van der Waals surface area contributed by atoms with E-state index in [0.717, 1.165) is 37.0 Å². The van der Waals surface area contributed by atoms with Crippen molar-refractivity contribution in [1.82, 2.24) is 9.21 Å². The fourth-order valence-electron chi connectivity index (χ4n) is 4.29. The predicted molar refractivity (Wildman–Crippen MR) is 117 cm³/mol. The molecule has 3 heterocycles. The largest absolute Gasteiger partial charge is 0.508 e. The molecule has 1 N–H and O–H groups in total. The Morgan fingerprint density at radius 3 is 2.30 bits per heavy atom. The number of thiophene rings is 1. The van der Waals surface area contributed by atoms with Gasteiger partial charge in [0.1, 0.15) is 9.96 Å². The van der Waals surface area contributed by atoms with E-state index in [0.29, 0.717) is 36.3 Å². The van der Waals surface area contributed by atoms with E-state index in [-0.39, 0.29) is 18.1 Å². The molecule has 6 nitrogen and oxygen atoms in total. The third kappa shape index (κ3) is 4.71. The molecular weight excluding hydrogens is 420 g/mol. The van der Waals surface area contributed by atoms with Gasteiger partial charge in [-0.1, -0.05) is 18.6 Å². The number of amides is 1. The first kappa shape index (κ1) is 21.3. The zero-order chi connectivity index (χ0) is 21.1. The Morgan fingerprint density at radius 1 is 0.967 bits per heavy atom. The van der Waals surface area contributed by atoms with Gasteiger partial charge in [0.25, 0.3) is 10.0 Å². The summed E-state index contributed by atoms with van der Waals surface area (Å²) in [5.41, 5.74) is 1.20. The number of phenolic OH excluding ortho intramolecular Hbond substituents is 1. The Bertz CT molecular complexity index is 971. The Morgan fingerprint density at radius 2 is 1.63 bits per heavy atom. The monoisotopic (exact) mass is 448 g/mol. The van der Waals surface area contributed by atoms with Crippen LogP contribution in [0.15, 0.2) is 40.6 Å². The summed E-state index contributed by atoms with van der Waals surface area (Å²) >= 11 is 1.22. The van der Waals surface area contributed by atoms with Gasteiger partial charge in [0.2, 0.25) is 5.91 Å². The standard InChI is InChI=1S/C22H28N2O4S2/c25-19-6-4-17(5-7-19)18-10-14-23(15-11-18)21(26)16-20-8-9-22(29-20)30(27,28)24-12-2-1-3-13-24/h4-9,18,25H,1-3,10-16H2. The number of phenols is 1. The molecule has 0 unspecified atom stereocenters. The summed E-state index contributed by atoms with van der Waals surface area (Å²) in [4.78, 5) is 15.4. The number of sulfonamides is 1. The lowest BCUT2D eigenvalue weighted by Crippen LogP contribution is -2.38. The molecule has 2 aliphatic rings. The second kappa shape index (κ2) is 9.08. The fourth-order valence-corrected chi connectivity index (χ4v) is 7.31. The minimum absolute atomic E-state index is 0.0583. The van der Waals surface area contributed by atoms with Crippen LogP contribution in [0.25, 0.3) is 0 Å². The zero-order valence-electron chi connectivity index (χ0n) is 17.0. The van der Waals surface area contributed by atoms with Crippen LogP contribution in [0.2, 0.25) is 0 Å². The first-order chi connectivity index (χ1) is 14.4. The average molecular weight is 449 g/mol. The normalized spacial score (nSPS) is 19.1. The highest BCUT2D eigenvalue weighted by molar-refractivity contribution is 7.91. The molecule has 2 fully saturated rings. The second-order valence-electron chi connectivity index (χ2n) is 8.11. The molecule has 162 valence electrons. The lowest BCUT2D eigenvalue weighted by Gasteiger charge is -2.32. The van der Waals surface area contributed by atoms with Gasteiger partial charge in [0, 0.05) is 31.1 Å². The van der Waals surface area contributed by atoms with E-state index < -0.39 is 10.0 Å². The van der Waals surface area contributed by atoms with E-state index >= 15 is 0 Å². The van der Waals surface area contributed by atoms with E-state index in [1.54, 1.807) is 28.6 Å². The lowest BCUT2D eigenvalue weighted by atomic mass is 9.89. The molecule has 1 amide bonds. The molecule has 1 aromatic carbocycles. The van der Waals surface area contributed by atoms with Crippen molar-refractivity contribution in [1.29, 1.82) is 0 Å². The quantitative estimate of drug-likeness (QED) is 0.758. The highest BCUT2D eigenvalue weighted by Gasteiger charge is 2.28. The Hall–Kier alpha value is -1.90. The summed E-state index contributed by atoms with van der Waals surface area (Å²) in [5.74, 6) is 0.726. The molecule has 2 aliphatic heterocycles. The molecule has 2 aromatic rings. The number of hydrogen-bond acceptors (Lipinski definition) is 5. The van der Waals surface area contributed by atoms with Crippen LogP contribution in [0.1, 0.15) is 48.5 Å². The summed E-state index contributed by atoms with van der Waals surface area (Å²) < 4.78 is 27.5. The molecule has 0 saturated carbocycles. The molecule has 1 aromatic heterocycles. The van der Waals surface area contributed by atoms with Crippen LogP contribution in [0.3, 0.4) is 0 Å². The molecule has 0 radical (unpaired) electrons. The van der Waals surface area contributed by atoms with Crippen LogP contribution in [0, 0.1) is 0 Å². The number of benzene rings is 1. The SMILES string of the molecule is O=C(Cc1ccc(S(=O)(=O)N2CCCCC2)s1)N1CCC(c2ccc(O)cc2)CC1. The van der Waals surface area contributed by atoms with E-state index in [2.05, 4.69) is 0 Å². The Balaban J connectivity index is 1.33. The first-order valence-corrected chi connectivity index (χ1v) is 12.8. The molecule has 30 heavy (non-hydrogen) atoms. The van der Waals surface area contributed by atoms with Gasteiger partial charge >= 0.3 is 0 Å². The van der Waals surface area contributed by atoms with Crippen LogP contribution in [-0.4, -0.2) is 54.8 Å². The Kier molecular flexibility index (Phi) is 6.46. The van der Waals surface area contributed by atoms with Crippen LogP contribution in [-0.2, 0) is 21.2 Å². The third-order valence-electron chi connectivity index (χ3n) is 6.08. The maximum Gasteiger partial charge on any atom is 0.252 e. The molecule has 0 atom stereocenters. The molecule has 4 rings (SSSR count). The van der Waals surface area contributed by atoms with E-state index in [9.17, 15) is 18.3 Å². The number of rotatable bonds is 5. The summed E-state index contributed by atoms with van der Waals surface area (Å²) in [7, 11) is -3.43. The van der Waals surface area contributed by atoms with Crippen LogP contribution >= 0.6 is 11.3 Å². The summed E-state index contributed by atoms with van der Waals surface area (Å²) in [6.07, 6.45) is 4.96. The number of carbonyl (C=O) groups is 1. The van der Waals surface area contributed by atoms with Crippen molar-refractivity contribution in [2.24, 2.45) is 0 Å². The Labute approximate surface area is 182 Å². The highest BCUT2D eigenvalue weighted by Crippen LogP contribution is 2.31. The fraction of sp³-hybridized carbons (Fsp3) is 0.500. The minimum Gasteiger partial charge on any atom is -0.508 e. The van der Waals surface area contributed by atoms with Crippen molar-refractivity contribution in [3.05, 3.63) is 46.8 Å². The minimum atomic E-state index is -3.43. The number of hydrogen-bond donors (Lipinski definition) is 1. The number of piperidine rings is 2. The van der Waals surface area contributed by atoms with E-state index in [1.807, 2.05) is 17.0 Å². The topological polar surface area (TPSA) is 77.9 Å². The lowest BCUT2D eigenvalue weighted by molar-refractivity contribution is -0.131. The number of carbonyl (C=O) groups excluding carboxylic acids is 1. The molecule has 0 spiro atoms. The zero-order valence-corrected chi connectivity index (χ0v) is 18.6. The van der Waals surface area contributed by atoms with Gasteiger partial charge in [-0.05, 0) is 61.4 Å². The van der Waals surface area contributed by atoms with Crippen molar-refractivity contribution in [3.63, 3.8) is 0 Å². The van der Waals surface area contributed by atoms with Crippen LogP contribution < -0.4 is 0 Å². The number of likely N-dealkylation sites (tertiary alicyclic amines) is 1. The average Bonchev–Trinajstić information content (AvgIpc) is 3.24. The maximum atomic E-state index is 12.8. The molecule has 8 heteroatoms. The first-order valence-electron chi connectivity index (χ1n) is 10.6. The number of aromatic hydroxyl groups is 1. The van der Waals surface area contributed by atoms with E-state index in [4.69, 9.17) is 0 Å². The van der Waals surface area contributed by atoms with Gasteiger partial charge in [-0.15, -0.1) is 11.3 Å². The van der Waals surface area contributed by atoms with Crippen molar-refractivity contribution < 1.29 is 18.3 Å². The summed E-state index contributed by atoms with van der Waals surface area (Å²) in [6, 6.07) is 10.7. The maximum absolute atomic E-state index is 12.8. The van der Waals surface area contributed by atoms with Gasteiger partial charge in [0.15, 0.2) is 0 Å².